The molecule has 2 fully saturated rings. The lowest BCUT2D eigenvalue weighted by atomic mass is 9.87. The molecule has 0 bridgehead atoms. The first kappa shape index (κ1) is 25.7. The molecule has 1 saturated heterocycles. The van der Waals surface area contributed by atoms with Gasteiger partial charge in [0.15, 0.2) is 0 Å². The van der Waals surface area contributed by atoms with Gasteiger partial charge in [0, 0.05) is 50.1 Å². The SMILES string of the molecule is CC(=O)N1CCc2ccc(N(C(=O)/C=C/c3ccccc3)C3CCN(CCC4CCCCC4)CC3)cc21. The fraction of sp³-hybridized carbons (Fsp3) is 0.500. The summed E-state index contributed by atoms with van der Waals surface area (Å²) in [5, 5.41) is 0. The van der Waals surface area contributed by atoms with Crippen molar-refractivity contribution >= 4 is 29.3 Å². The van der Waals surface area contributed by atoms with Gasteiger partial charge >= 0.3 is 0 Å². The number of carbonyl (C=O) groups is 2. The van der Waals surface area contributed by atoms with E-state index in [1.54, 1.807) is 13.0 Å². The van der Waals surface area contributed by atoms with Crippen molar-refractivity contribution < 1.29 is 9.59 Å². The number of carbonyl (C=O) groups excluding carboxylic acids is 2. The van der Waals surface area contributed by atoms with Crippen molar-refractivity contribution in [3.8, 4) is 0 Å². The first-order valence-electron chi connectivity index (χ1n) is 14.3. The first-order chi connectivity index (χ1) is 18.1. The van der Waals surface area contributed by atoms with E-state index in [1.807, 2.05) is 46.2 Å². The molecule has 5 rings (SSSR count). The molecule has 0 spiro atoms. The molecule has 0 atom stereocenters. The minimum absolute atomic E-state index is 0.0110. The number of amides is 2. The molecular weight excluding hydrogens is 458 g/mol. The van der Waals surface area contributed by atoms with Crippen LogP contribution in [0.3, 0.4) is 0 Å². The van der Waals surface area contributed by atoms with Gasteiger partial charge in [-0.05, 0) is 67.5 Å². The standard InChI is InChI=1S/C32H41N3O2/c1-25(36)34-23-17-28-13-14-30(24-31(28)34)35(32(37)15-12-26-8-4-2-5-9-26)29-18-21-33(22-19-29)20-16-27-10-6-3-7-11-27/h2,4-5,8-9,12-15,24,27,29H,3,6-7,10-11,16-23H2,1H3/b15-12+. The number of likely N-dealkylation sites (tertiary alicyclic amines) is 1. The third kappa shape index (κ3) is 6.32. The summed E-state index contributed by atoms with van der Waals surface area (Å²) in [5.41, 5.74) is 4.06. The van der Waals surface area contributed by atoms with Gasteiger partial charge in [-0.15, -0.1) is 0 Å². The smallest absolute Gasteiger partial charge is 0.251 e. The van der Waals surface area contributed by atoms with Crippen LogP contribution in [0.1, 0.15) is 69.4 Å². The molecular formula is C32H41N3O2. The molecule has 0 radical (unpaired) electrons. The van der Waals surface area contributed by atoms with Gasteiger partial charge in [-0.1, -0.05) is 68.5 Å². The van der Waals surface area contributed by atoms with Crippen molar-refractivity contribution in [1.29, 1.82) is 0 Å². The fourth-order valence-corrected chi connectivity index (χ4v) is 6.42. The van der Waals surface area contributed by atoms with Gasteiger partial charge in [0.25, 0.3) is 5.91 Å². The van der Waals surface area contributed by atoms with E-state index in [-0.39, 0.29) is 17.9 Å². The number of fused-ring (bicyclic) bond motifs is 1. The number of benzene rings is 2. The third-order valence-corrected chi connectivity index (χ3v) is 8.58. The van der Waals surface area contributed by atoms with E-state index in [4.69, 9.17) is 0 Å². The van der Waals surface area contributed by atoms with E-state index in [0.717, 1.165) is 61.8 Å². The fourth-order valence-electron chi connectivity index (χ4n) is 6.42. The van der Waals surface area contributed by atoms with Crippen LogP contribution in [-0.4, -0.2) is 48.9 Å². The minimum Gasteiger partial charge on any atom is -0.312 e. The van der Waals surface area contributed by atoms with Crippen LogP contribution in [0.2, 0.25) is 0 Å². The van der Waals surface area contributed by atoms with Crippen LogP contribution in [0.5, 0.6) is 0 Å². The molecule has 2 aliphatic heterocycles. The Bertz CT molecular complexity index is 1100. The van der Waals surface area contributed by atoms with E-state index in [0.29, 0.717) is 0 Å². The second-order valence-electron chi connectivity index (χ2n) is 11.1. The minimum atomic E-state index is 0.0110. The average Bonchev–Trinajstić information content (AvgIpc) is 3.37. The Labute approximate surface area is 222 Å². The Hall–Kier alpha value is -2.92. The van der Waals surface area contributed by atoms with Crippen molar-refractivity contribution in [2.45, 2.75) is 70.8 Å². The van der Waals surface area contributed by atoms with Crippen LogP contribution in [0.25, 0.3) is 6.08 Å². The molecule has 5 nitrogen and oxygen atoms in total. The lowest BCUT2D eigenvalue weighted by Gasteiger charge is -2.39. The third-order valence-electron chi connectivity index (χ3n) is 8.58. The predicted octanol–water partition coefficient (Wildman–Crippen LogP) is 6.08. The number of anilines is 2. The Kier molecular flexibility index (Phi) is 8.40. The summed E-state index contributed by atoms with van der Waals surface area (Å²) in [6.45, 7) is 5.60. The predicted molar refractivity (Wildman–Crippen MR) is 152 cm³/mol. The first-order valence-corrected chi connectivity index (χ1v) is 14.3. The molecule has 1 aliphatic carbocycles. The summed E-state index contributed by atoms with van der Waals surface area (Å²) in [7, 11) is 0. The average molecular weight is 500 g/mol. The molecule has 1 saturated carbocycles. The zero-order valence-electron chi connectivity index (χ0n) is 22.3. The van der Waals surface area contributed by atoms with Crippen molar-refractivity contribution in [3.63, 3.8) is 0 Å². The van der Waals surface area contributed by atoms with Gasteiger partial charge in [-0.2, -0.15) is 0 Å². The van der Waals surface area contributed by atoms with Crippen LogP contribution in [-0.2, 0) is 16.0 Å². The van der Waals surface area contributed by atoms with Crippen LogP contribution >= 0.6 is 0 Å². The van der Waals surface area contributed by atoms with Gasteiger partial charge in [-0.25, -0.2) is 0 Å². The zero-order valence-corrected chi connectivity index (χ0v) is 22.3. The highest BCUT2D eigenvalue weighted by Crippen LogP contribution is 2.35. The summed E-state index contributed by atoms with van der Waals surface area (Å²) in [4.78, 5) is 32.4. The Morgan fingerprint density at radius 2 is 1.70 bits per heavy atom. The Morgan fingerprint density at radius 3 is 2.43 bits per heavy atom. The maximum atomic E-state index is 13.7. The Balaban J connectivity index is 1.31. The number of nitrogens with zero attached hydrogens (tertiary/aromatic N) is 3. The second kappa shape index (κ2) is 12.1. The lowest BCUT2D eigenvalue weighted by Crippen LogP contribution is -2.47. The molecule has 2 aromatic carbocycles. The monoisotopic (exact) mass is 499 g/mol. The van der Waals surface area contributed by atoms with Gasteiger partial charge in [0.1, 0.15) is 0 Å². The summed E-state index contributed by atoms with van der Waals surface area (Å²) < 4.78 is 0. The number of hydrogen-bond acceptors (Lipinski definition) is 3. The lowest BCUT2D eigenvalue weighted by molar-refractivity contribution is -0.116. The van der Waals surface area contributed by atoms with Gasteiger partial charge < -0.3 is 14.7 Å². The maximum Gasteiger partial charge on any atom is 0.251 e. The highest BCUT2D eigenvalue weighted by Gasteiger charge is 2.30. The van der Waals surface area contributed by atoms with E-state index in [9.17, 15) is 9.59 Å². The van der Waals surface area contributed by atoms with E-state index >= 15 is 0 Å². The summed E-state index contributed by atoms with van der Waals surface area (Å²) in [6.07, 6.45) is 14.8. The van der Waals surface area contributed by atoms with Crippen LogP contribution in [0.4, 0.5) is 11.4 Å². The topological polar surface area (TPSA) is 43.9 Å². The summed E-state index contributed by atoms with van der Waals surface area (Å²) >= 11 is 0. The zero-order chi connectivity index (χ0) is 25.6. The highest BCUT2D eigenvalue weighted by atomic mass is 16.2. The molecule has 2 heterocycles. The highest BCUT2D eigenvalue weighted by molar-refractivity contribution is 6.05. The number of hydrogen-bond donors (Lipinski definition) is 0. The molecule has 37 heavy (non-hydrogen) atoms. The van der Waals surface area contributed by atoms with E-state index in [1.165, 1.54) is 50.6 Å². The molecule has 2 aromatic rings. The maximum absolute atomic E-state index is 13.7. The molecule has 196 valence electrons. The quantitative estimate of drug-likeness (QED) is 0.434. The Morgan fingerprint density at radius 1 is 0.946 bits per heavy atom. The van der Waals surface area contributed by atoms with Crippen molar-refractivity contribution in [2.75, 3.05) is 36.0 Å². The molecule has 3 aliphatic rings. The second-order valence-corrected chi connectivity index (χ2v) is 11.1. The summed E-state index contributed by atoms with van der Waals surface area (Å²) in [5.74, 6) is 0.976. The van der Waals surface area contributed by atoms with Crippen molar-refractivity contribution in [3.05, 3.63) is 65.7 Å². The van der Waals surface area contributed by atoms with Gasteiger partial charge in [-0.3, -0.25) is 9.59 Å². The number of piperidine rings is 1. The molecule has 2 amide bonds. The normalized spacial score (nSPS) is 19.3. The number of rotatable bonds is 7. The largest absolute Gasteiger partial charge is 0.312 e. The molecule has 0 unspecified atom stereocenters. The van der Waals surface area contributed by atoms with E-state index < -0.39 is 0 Å². The van der Waals surface area contributed by atoms with Crippen LogP contribution < -0.4 is 9.80 Å². The van der Waals surface area contributed by atoms with Crippen molar-refractivity contribution in [1.82, 2.24) is 4.90 Å². The van der Waals surface area contributed by atoms with Crippen LogP contribution in [0, 0.1) is 5.92 Å². The van der Waals surface area contributed by atoms with Crippen LogP contribution in [0.15, 0.2) is 54.6 Å². The van der Waals surface area contributed by atoms with Crippen molar-refractivity contribution in [2.24, 2.45) is 5.92 Å². The van der Waals surface area contributed by atoms with Gasteiger partial charge in [0.05, 0.1) is 0 Å². The summed E-state index contributed by atoms with van der Waals surface area (Å²) in [6, 6.07) is 16.4. The molecule has 0 N–H and O–H groups in total. The molecule has 5 heteroatoms. The van der Waals surface area contributed by atoms with Gasteiger partial charge in [0.2, 0.25) is 5.91 Å². The van der Waals surface area contributed by atoms with E-state index in [2.05, 4.69) is 23.1 Å². The molecule has 0 aromatic heterocycles.